The monoisotopic (exact) mass is 494 g/mol. The molecule has 1 heterocycles. The van der Waals surface area contributed by atoms with Crippen LogP contribution in [0.25, 0.3) is 10.8 Å². The maximum atomic E-state index is 4.47. The van der Waals surface area contributed by atoms with Gasteiger partial charge in [-0.2, -0.15) is 0 Å². The average Bonchev–Trinajstić information content (AvgIpc) is 3.14. The van der Waals surface area contributed by atoms with Crippen LogP contribution in [0.3, 0.4) is 0 Å². The van der Waals surface area contributed by atoms with E-state index in [9.17, 15) is 0 Å². The predicted molar refractivity (Wildman–Crippen MR) is 127 cm³/mol. The van der Waals surface area contributed by atoms with E-state index >= 15 is 0 Å². The maximum absolute atomic E-state index is 4.47. The molecule has 27 heavy (non-hydrogen) atoms. The van der Waals surface area contributed by atoms with E-state index in [-0.39, 0.29) is 30.0 Å². The second-order valence-electron chi connectivity index (χ2n) is 6.26. The van der Waals surface area contributed by atoms with Gasteiger partial charge in [-0.1, -0.05) is 49.4 Å². The fourth-order valence-corrected chi connectivity index (χ4v) is 3.88. The molecule has 0 amide bonds. The van der Waals surface area contributed by atoms with E-state index in [2.05, 4.69) is 76.9 Å². The average molecular weight is 494 g/mol. The van der Waals surface area contributed by atoms with Gasteiger partial charge in [0.15, 0.2) is 5.96 Å². The molecule has 3 rings (SSSR count). The number of aromatic nitrogens is 1. The Morgan fingerprint density at radius 3 is 2.70 bits per heavy atom. The summed E-state index contributed by atoms with van der Waals surface area (Å²) >= 11 is 1.79. The van der Waals surface area contributed by atoms with E-state index < -0.39 is 0 Å². The highest BCUT2D eigenvalue weighted by Crippen LogP contribution is 2.23. The summed E-state index contributed by atoms with van der Waals surface area (Å²) in [6, 6.07) is 15.1. The first-order chi connectivity index (χ1) is 12.7. The predicted octanol–water partition coefficient (Wildman–Crippen LogP) is 4.95. The van der Waals surface area contributed by atoms with Crippen LogP contribution in [0.2, 0.25) is 0 Å². The van der Waals surface area contributed by atoms with Crippen molar-refractivity contribution in [3.63, 3.8) is 0 Å². The minimum Gasteiger partial charge on any atom is -0.356 e. The summed E-state index contributed by atoms with van der Waals surface area (Å²) in [6.45, 7) is 5.15. The molecule has 1 unspecified atom stereocenters. The summed E-state index contributed by atoms with van der Waals surface area (Å²) in [6.07, 6.45) is 3.94. The third-order valence-electron chi connectivity index (χ3n) is 4.45. The number of benzene rings is 2. The van der Waals surface area contributed by atoms with Gasteiger partial charge in [-0.15, -0.1) is 35.3 Å². The van der Waals surface area contributed by atoms with Crippen molar-refractivity contribution in [2.24, 2.45) is 4.99 Å². The fraction of sp³-hybridized carbons (Fsp3) is 0.333. The first-order valence-electron chi connectivity index (χ1n) is 9.09. The van der Waals surface area contributed by atoms with Gasteiger partial charge in [-0.05, 0) is 29.7 Å². The molecule has 0 spiro atoms. The van der Waals surface area contributed by atoms with E-state index in [1.54, 1.807) is 11.3 Å². The quantitative estimate of drug-likeness (QED) is 0.290. The van der Waals surface area contributed by atoms with Gasteiger partial charge in [0.1, 0.15) is 0 Å². The second kappa shape index (κ2) is 10.6. The second-order valence-corrected chi connectivity index (χ2v) is 7.46. The van der Waals surface area contributed by atoms with Gasteiger partial charge in [0, 0.05) is 31.1 Å². The van der Waals surface area contributed by atoms with Gasteiger partial charge in [-0.3, -0.25) is 4.99 Å². The van der Waals surface area contributed by atoms with Crippen LogP contribution in [0.5, 0.6) is 0 Å². The molecule has 2 N–H and O–H groups in total. The van der Waals surface area contributed by atoms with Crippen LogP contribution >= 0.6 is 35.3 Å². The molecule has 6 heteroatoms. The molecular weight excluding hydrogens is 467 g/mol. The smallest absolute Gasteiger partial charge is 0.191 e. The van der Waals surface area contributed by atoms with Gasteiger partial charge >= 0.3 is 0 Å². The fourth-order valence-electron chi connectivity index (χ4n) is 3.02. The van der Waals surface area contributed by atoms with Crippen LogP contribution in [0, 0.1) is 0 Å². The van der Waals surface area contributed by atoms with Crippen LogP contribution in [0.1, 0.15) is 35.3 Å². The normalized spacial score (nSPS) is 12.5. The lowest BCUT2D eigenvalue weighted by atomic mass is 10.00. The van der Waals surface area contributed by atoms with E-state index in [0.717, 1.165) is 25.3 Å². The number of nitrogens with zero attached hydrogens (tertiary/aromatic N) is 2. The highest BCUT2D eigenvalue weighted by Gasteiger charge is 2.11. The molecule has 1 atom stereocenters. The molecule has 3 aromatic rings. The topological polar surface area (TPSA) is 49.3 Å². The van der Waals surface area contributed by atoms with Gasteiger partial charge in [0.05, 0.1) is 11.0 Å². The molecule has 144 valence electrons. The Morgan fingerprint density at radius 1 is 1.19 bits per heavy atom. The maximum Gasteiger partial charge on any atom is 0.191 e. The van der Waals surface area contributed by atoms with E-state index in [1.807, 2.05) is 13.2 Å². The number of guanidine groups is 1. The molecule has 1 aromatic heterocycles. The van der Waals surface area contributed by atoms with Gasteiger partial charge in [0.25, 0.3) is 0 Å². The Morgan fingerprint density at radius 2 is 1.96 bits per heavy atom. The Kier molecular flexibility index (Phi) is 8.50. The Labute approximate surface area is 182 Å². The standard InChI is InChI=1S/C21H26N4S.HI/c1-4-17-14-24-20(26-17)12-13-23-21(22-3)25-15(2)18-11-7-9-16-8-5-6-10-19(16)18;/h5-11,14-15H,4,12-13H2,1-3H3,(H2,22,23,25);1H. The zero-order valence-corrected chi connectivity index (χ0v) is 19.2. The highest BCUT2D eigenvalue weighted by atomic mass is 127. The van der Waals surface area contributed by atoms with Crippen LogP contribution in [-0.4, -0.2) is 24.5 Å². The molecule has 0 aliphatic carbocycles. The minimum atomic E-state index is 0. The highest BCUT2D eigenvalue weighted by molar-refractivity contribution is 14.0. The number of halogens is 1. The number of thiazole rings is 1. The lowest BCUT2D eigenvalue weighted by Crippen LogP contribution is -2.39. The Balaban J connectivity index is 0.00000261. The van der Waals surface area contributed by atoms with Crippen LogP contribution < -0.4 is 10.6 Å². The number of aryl methyl sites for hydroxylation is 1. The molecule has 0 bridgehead atoms. The molecule has 0 saturated heterocycles. The first kappa shape index (κ1) is 21.6. The summed E-state index contributed by atoms with van der Waals surface area (Å²) in [4.78, 5) is 10.2. The third-order valence-corrected chi connectivity index (χ3v) is 5.65. The minimum absolute atomic E-state index is 0. The molecule has 0 radical (unpaired) electrons. The van der Waals surface area contributed by atoms with Crippen molar-refractivity contribution >= 4 is 52.0 Å². The molecule has 0 saturated carbocycles. The van der Waals surface area contributed by atoms with Crippen molar-refractivity contribution in [2.75, 3.05) is 13.6 Å². The zero-order chi connectivity index (χ0) is 18.4. The molecule has 2 aromatic carbocycles. The zero-order valence-electron chi connectivity index (χ0n) is 16.0. The molecule has 4 nitrogen and oxygen atoms in total. The number of rotatable bonds is 6. The van der Waals surface area contributed by atoms with Crippen molar-refractivity contribution in [1.82, 2.24) is 15.6 Å². The number of hydrogen-bond acceptors (Lipinski definition) is 3. The lowest BCUT2D eigenvalue weighted by Gasteiger charge is -2.19. The van der Waals surface area contributed by atoms with E-state index in [4.69, 9.17) is 0 Å². The van der Waals surface area contributed by atoms with Crippen molar-refractivity contribution in [3.05, 3.63) is 64.1 Å². The molecule has 0 fully saturated rings. The number of nitrogens with one attached hydrogen (secondary N) is 2. The van der Waals surface area contributed by atoms with Gasteiger partial charge in [-0.25, -0.2) is 4.98 Å². The number of hydrogen-bond donors (Lipinski definition) is 2. The lowest BCUT2D eigenvalue weighted by molar-refractivity contribution is 0.688. The van der Waals surface area contributed by atoms with Crippen molar-refractivity contribution < 1.29 is 0 Å². The molecule has 0 aliphatic rings. The molecular formula is C21H27IN4S. The van der Waals surface area contributed by atoms with E-state index in [0.29, 0.717) is 0 Å². The largest absolute Gasteiger partial charge is 0.356 e. The van der Waals surface area contributed by atoms with Crippen molar-refractivity contribution in [2.45, 2.75) is 32.7 Å². The van der Waals surface area contributed by atoms with E-state index in [1.165, 1.54) is 26.2 Å². The van der Waals surface area contributed by atoms with Crippen LogP contribution in [0.4, 0.5) is 0 Å². The summed E-state index contributed by atoms with van der Waals surface area (Å²) in [5, 5.41) is 10.6. The number of fused-ring (bicyclic) bond motifs is 1. The third kappa shape index (κ3) is 5.65. The van der Waals surface area contributed by atoms with Crippen molar-refractivity contribution in [1.29, 1.82) is 0 Å². The Bertz CT molecular complexity index is 885. The SMILES string of the molecule is CCc1cnc(CCNC(=NC)NC(C)c2cccc3ccccc23)s1.I. The summed E-state index contributed by atoms with van der Waals surface area (Å²) in [7, 11) is 1.81. The van der Waals surface area contributed by atoms with Crippen LogP contribution in [-0.2, 0) is 12.8 Å². The van der Waals surface area contributed by atoms with Gasteiger partial charge in [0.2, 0.25) is 0 Å². The van der Waals surface area contributed by atoms with Crippen molar-refractivity contribution in [3.8, 4) is 0 Å². The number of aliphatic imine (C=N–C) groups is 1. The summed E-state index contributed by atoms with van der Waals surface area (Å²) in [5.41, 5.74) is 1.28. The first-order valence-corrected chi connectivity index (χ1v) is 9.91. The Hall–Kier alpha value is -1.67. The van der Waals surface area contributed by atoms with Gasteiger partial charge < -0.3 is 10.6 Å². The molecule has 0 aliphatic heterocycles. The van der Waals surface area contributed by atoms with Crippen LogP contribution in [0.15, 0.2) is 53.7 Å². The summed E-state index contributed by atoms with van der Waals surface area (Å²) < 4.78 is 0. The summed E-state index contributed by atoms with van der Waals surface area (Å²) in [5.74, 6) is 0.817.